The van der Waals surface area contributed by atoms with Crippen molar-refractivity contribution in [3.63, 3.8) is 0 Å². The topological polar surface area (TPSA) is 138 Å². The van der Waals surface area contributed by atoms with Crippen molar-refractivity contribution >= 4 is 91.5 Å². The largest absolute Gasteiger partial charge is 1.00 e. The summed E-state index contributed by atoms with van der Waals surface area (Å²) >= 11 is 0. The first kappa shape index (κ1) is 49.2. The van der Waals surface area contributed by atoms with Crippen LogP contribution in [0.3, 0.4) is 0 Å². The van der Waals surface area contributed by atoms with E-state index >= 15 is 0 Å². The van der Waals surface area contributed by atoms with Crippen molar-refractivity contribution in [3.05, 3.63) is 258 Å². The SMILES string of the molecule is CO.O=[N+]([O-])[O-].[Cu+].c1ccc([PH+](c2ccccc2)c2ccccc2)cc1.c1ccc([PH+](c2ccccc2)c2ccccc2)cc1.c1ccc2nc3c4cccnc4c4ncccc4c3nc2c1. The molecule has 9 nitrogen and oxygen atoms in total. The van der Waals surface area contributed by atoms with E-state index in [9.17, 15) is 0 Å². The minimum atomic E-state index is -1.75. The Hall–Kier alpha value is -7.28. The predicted octanol–water partition coefficient (Wildman–Crippen LogP) is 9.60. The van der Waals surface area contributed by atoms with Crippen LogP contribution in [0.2, 0.25) is 0 Å². The van der Waals surface area contributed by atoms with Gasteiger partial charge in [0.1, 0.15) is 31.8 Å². The first-order chi connectivity index (χ1) is 32.5. The van der Waals surface area contributed by atoms with Gasteiger partial charge in [0.05, 0.1) is 54.0 Å². The summed E-state index contributed by atoms with van der Waals surface area (Å²) in [6, 6.07) is 80.8. The maximum absolute atomic E-state index is 8.25. The second-order valence-corrected chi connectivity index (χ2v) is 19.3. The summed E-state index contributed by atoms with van der Waals surface area (Å²) in [5, 5.41) is 32.3. The minimum absolute atomic E-state index is 0. The molecule has 0 aliphatic heterocycles. The number of aromatic nitrogens is 4. The summed E-state index contributed by atoms with van der Waals surface area (Å²) in [7, 11) is -0.755. The van der Waals surface area contributed by atoms with Gasteiger partial charge in [0.15, 0.2) is 0 Å². The molecule has 11 aromatic rings. The fourth-order valence-corrected chi connectivity index (χ4v) is 12.7. The minimum Gasteiger partial charge on any atom is -0.400 e. The Bertz CT molecular complexity index is 2820. The van der Waals surface area contributed by atoms with Crippen LogP contribution in [0.5, 0.6) is 0 Å². The molecule has 67 heavy (non-hydrogen) atoms. The number of rotatable bonds is 6. The van der Waals surface area contributed by atoms with Crippen molar-refractivity contribution in [1.29, 1.82) is 0 Å². The predicted molar refractivity (Wildman–Crippen MR) is 279 cm³/mol. The Morgan fingerprint density at radius 1 is 0.358 bits per heavy atom. The molecule has 12 heteroatoms. The molecular formula is C55H46CuN5O4P2+2. The molecule has 0 aliphatic carbocycles. The summed E-state index contributed by atoms with van der Waals surface area (Å²) in [4.78, 5) is 26.9. The van der Waals surface area contributed by atoms with Gasteiger partial charge < -0.3 is 20.4 Å². The van der Waals surface area contributed by atoms with E-state index in [1.807, 2.05) is 48.5 Å². The molecule has 0 atom stereocenters. The average molecular weight is 966 g/mol. The van der Waals surface area contributed by atoms with Gasteiger partial charge in [0.2, 0.25) is 0 Å². The summed E-state index contributed by atoms with van der Waals surface area (Å²) in [5.41, 5.74) is 5.28. The second kappa shape index (κ2) is 25.4. The molecule has 0 amide bonds. The van der Waals surface area contributed by atoms with E-state index in [1.165, 1.54) is 31.8 Å². The van der Waals surface area contributed by atoms with Gasteiger partial charge in [-0.05, 0) is 109 Å². The van der Waals surface area contributed by atoms with Crippen molar-refractivity contribution in [2.24, 2.45) is 0 Å². The Kier molecular flexibility index (Phi) is 18.7. The molecule has 0 fully saturated rings. The van der Waals surface area contributed by atoms with Crippen LogP contribution in [0, 0.1) is 15.3 Å². The maximum Gasteiger partial charge on any atom is 1.00 e. The maximum atomic E-state index is 8.25. The zero-order valence-corrected chi connectivity index (χ0v) is 39.2. The average Bonchev–Trinajstić information content (AvgIpc) is 3.39. The molecule has 3 heterocycles. The van der Waals surface area contributed by atoms with E-state index in [0.717, 1.165) is 51.0 Å². The van der Waals surface area contributed by atoms with E-state index in [0.29, 0.717) is 0 Å². The van der Waals surface area contributed by atoms with E-state index in [-0.39, 0.29) is 17.1 Å². The van der Waals surface area contributed by atoms with Crippen LogP contribution in [0.15, 0.2) is 243 Å². The van der Waals surface area contributed by atoms with Crippen molar-refractivity contribution in [2.45, 2.75) is 0 Å². The zero-order valence-electron chi connectivity index (χ0n) is 36.3. The van der Waals surface area contributed by atoms with Gasteiger partial charge in [-0.1, -0.05) is 121 Å². The molecule has 0 spiro atoms. The standard InChI is InChI=1S/C18H10N4.2C18H15P.CH4O.Cu.NO3/c1-2-8-14-13(7-1)21-17-11-5-3-9-19-15(11)16-12(18(17)22-14)6-4-10-20-16;2*1-4-10-16(11-5-1)19(17-12-6-2-7-13-17)18-14-8-3-9-15-18;1-2;;2-1(3)4/h1-10H;2*1-15H;2H,1H3;;/q;;;;+1;-1/p+2. The Balaban J connectivity index is 0.000000156. The monoisotopic (exact) mass is 965 g/mol. The fraction of sp³-hybridized carbons (Fsp3) is 0.0182. The van der Waals surface area contributed by atoms with Crippen molar-refractivity contribution in [1.82, 2.24) is 19.9 Å². The summed E-state index contributed by atoms with van der Waals surface area (Å²) < 4.78 is 0. The molecule has 0 saturated heterocycles. The van der Waals surface area contributed by atoms with Crippen molar-refractivity contribution < 1.29 is 27.3 Å². The van der Waals surface area contributed by atoms with Gasteiger partial charge in [-0.2, -0.15) is 0 Å². The van der Waals surface area contributed by atoms with Crippen LogP contribution in [-0.4, -0.2) is 37.2 Å². The number of aliphatic hydroxyl groups excluding tert-OH is 1. The molecule has 11 rings (SSSR count). The Morgan fingerprint density at radius 2 is 0.582 bits per heavy atom. The van der Waals surface area contributed by atoms with E-state index in [4.69, 9.17) is 30.4 Å². The summed E-state index contributed by atoms with van der Waals surface area (Å²) in [5.74, 6) is 0. The quantitative estimate of drug-likeness (QED) is 0.0435. The third-order valence-electron chi connectivity index (χ3n) is 10.3. The van der Waals surface area contributed by atoms with E-state index < -0.39 is 20.9 Å². The zero-order chi connectivity index (χ0) is 45.9. The van der Waals surface area contributed by atoms with Gasteiger partial charge in [0, 0.05) is 30.3 Å². The van der Waals surface area contributed by atoms with Crippen LogP contribution in [0.4, 0.5) is 0 Å². The van der Waals surface area contributed by atoms with Crippen LogP contribution >= 0.6 is 15.8 Å². The van der Waals surface area contributed by atoms with E-state index in [1.54, 1.807) is 12.4 Å². The fourth-order valence-electron chi connectivity index (χ4n) is 7.57. The van der Waals surface area contributed by atoms with Crippen molar-refractivity contribution in [2.75, 3.05) is 7.11 Å². The molecule has 3 aromatic heterocycles. The number of pyridine rings is 2. The molecule has 0 saturated carbocycles. The van der Waals surface area contributed by atoms with Gasteiger partial charge in [0.25, 0.3) is 0 Å². The third kappa shape index (κ3) is 12.8. The normalized spacial score (nSPS) is 10.3. The Morgan fingerprint density at radius 3 is 0.821 bits per heavy atom. The first-order valence-corrected chi connectivity index (χ1v) is 24.1. The van der Waals surface area contributed by atoms with E-state index in [2.05, 4.69) is 192 Å². The smallest absolute Gasteiger partial charge is 0.400 e. The molecule has 0 aliphatic rings. The number of benzene rings is 8. The number of fused-ring (bicyclic) bond motifs is 7. The van der Waals surface area contributed by atoms with Gasteiger partial charge in [-0.3, -0.25) is 9.97 Å². The van der Waals surface area contributed by atoms with Gasteiger partial charge in [-0.25, -0.2) is 9.97 Å². The van der Waals surface area contributed by atoms with Crippen molar-refractivity contribution in [3.8, 4) is 0 Å². The first-order valence-electron chi connectivity index (χ1n) is 21.1. The van der Waals surface area contributed by atoms with Gasteiger partial charge >= 0.3 is 17.1 Å². The number of para-hydroxylation sites is 2. The number of hydrogen-bond acceptors (Lipinski definition) is 8. The number of hydrogen-bond donors (Lipinski definition) is 1. The third-order valence-corrected chi connectivity index (χ3v) is 15.8. The van der Waals surface area contributed by atoms with Crippen LogP contribution in [0.25, 0.3) is 43.9 Å². The molecule has 0 unspecified atom stereocenters. The molecule has 334 valence electrons. The summed E-state index contributed by atoms with van der Waals surface area (Å²) in [6.07, 6.45) is 3.58. The van der Waals surface area contributed by atoms with Crippen LogP contribution in [-0.2, 0) is 17.1 Å². The molecule has 0 bridgehead atoms. The van der Waals surface area contributed by atoms with Crippen LogP contribution < -0.4 is 31.8 Å². The summed E-state index contributed by atoms with van der Waals surface area (Å²) in [6.45, 7) is 0. The Labute approximate surface area is 402 Å². The van der Waals surface area contributed by atoms with Gasteiger partial charge in [-0.15, -0.1) is 0 Å². The number of nitrogens with zero attached hydrogens (tertiary/aromatic N) is 5. The molecule has 8 aromatic carbocycles. The molecule has 0 radical (unpaired) electrons. The molecular weight excluding hydrogens is 920 g/mol. The molecule has 1 N–H and O–H groups in total. The second-order valence-electron chi connectivity index (χ2n) is 14.4. The number of aliphatic hydroxyl groups is 1. The van der Waals surface area contributed by atoms with Crippen LogP contribution in [0.1, 0.15) is 0 Å².